The molecule has 1 aromatic carbocycles. The monoisotopic (exact) mass is 296 g/mol. The summed E-state index contributed by atoms with van der Waals surface area (Å²) in [6, 6.07) is 2.92. The van der Waals surface area contributed by atoms with Crippen LogP contribution in [0.5, 0.6) is 0 Å². The van der Waals surface area contributed by atoms with E-state index in [1.54, 1.807) is 10.8 Å². The van der Waals surface area contributed by atoms with E-state index in [-0.39, 0.29) is 5.02 Å². The van der Waals surface area contributed by atoms with Crippen molar-refractivity contribution in [2.24, 2.45) is 7.05 Å². The van der Waals surface area contributed by atoms with Crippen LogP contribution in [-0.4, -0.2) is 19.1 Å². The molecule has 0 bridgehead atoms. The van der Waals surface area contributed by atoms with Gasteiger partial charge in [0.2, 0.25) is 0 Å². The average Bonchev–Trinajstić information content (AvgIpc) is 2.88. The predicted octanol–water partition coefficient (Wildman–Crippen LogP) is 3.27. The molecule has 4 nitrogen and oxygen atoms in total. The third-order valence-electron chi connectivity index (χ3n) is 3.04. The lowest BCUT2D eigenvalue weighted by Gasteiger charge is -2.05. The smallest absolute Gasteiger partial charge is 0.178 e. The summed E-state index contributed by atoms with van der Waals surface area (Å²) in [5.41, 5.74) is 1.39. The van der Waals surface area contributed by atoms with Crippen LogP contribution in [0.15, 0.2) is 24.5 Å². The Kier molecular flexibility index (Phi) is 2.91. The lowest BCUT2D eigenvalue weighted by Crippen LogP contribution is -2.05. The maximum Gasteiger partial charge on any atom is 0.178 e. The summed E-state index contributed by atoms with van der Waals surface area (Å²) in [5, 5.41) is 0.0768. The predicted molar refractivity (Wildman–Crippen MR) is 74.4 cm³/mol. The molecule has 0 spiro atoms. The fourth-order valence-corrected chi connectivity index (χ4v) is 2.44. The number of imidazole rings is 2. The number of nitrogens with zero attached hydrogens (tertiary/aromatic N) is 3. The highest BCUT2D eigenvalue weighted by molar-refractivity contribution is 7.71. The highest BCUT2D eigenvalue weighted by atomic mass is 35.5. The molecule has 1 N–H and O–H groups in total. The van der Waals surface area contributed by atoms with Crippen molar-refractivity contribution in [3.63, 3.8) is 0 Å². The van der Waals surface area contributed by atoms with E-state index in [2.05, 4.69) is 9.97 Å². The average molecular weight is 297 g/mol. The highest BCUT2D eigenvalue weighted by Crippen LogP contribution is 2.23. The Morgan fingerprint density at radius 2 is 2.26 bits per heavy atom. The Morgan fingerprint density at radius 1 is 1.47 bits per heavy atom. The summed E-state index contributed by atoms with van der Waals surface area (Å²) in [6.07, 6.45) is 3.57. The molecule has 3 rings (SSSR count). The molecule has 0 amide bonds. The Bertz CT molecular complexity index is 817. The van der Waals surface area contributed by atoms with E-state index in [0.29, 0.717) is 22.3 Å². The van der Waals surface area contributed by atoms with E-state index in [1.165, 1.54) is 12.1 Å². The number of aromatic amines is 1. The van der Waals surface area contributed by atoms with Gasteiger partial charge < -0.3 is 14.1 Å². The summed E-state index contributed by atoms with van der Waals surface area (Å²) >= 11 is 11.0. The molecule has 0 atom stereocenters. The first-order valence-electron chi connectivity index (χ1n) is 5.60. The number of H-pyrrole nitrogens is 1. The largest absolute Gasteiger partial charge is 0.337 e. The summed E-state index contributed by atoms with van der Waals surface area (Å²) in [4.78, 5) is 7.26. The van der Waals surface area contributed by atoms with Crippen molar-refractivity contribution >= 4 is 34.9 Å². The van der Waals surface area contributed by atoms with Crippen LogP contribution in [0, 0.1) is 10.6 Å². The second kappa shape index (κ2) is 4.47. The number of hydrogen-bond acceptors (Lipinski definition) is 2. The second-order valence-corrected chi connectivity index (χ2v) is 5.05. The van der Waals surface area contributed by atoms with Crippen LogP contribution in [0.4, 0.5) is 4.39 Å². The summed E-state index contributed by atoms with van der Waals surface area (Å²) in [7, 11) is 1.90. The number of halogens is 2. The molecular formula is C12H10ClFN4S. The topological polar surface area (TPSA) is 38.5 Å². The van der Waals surface area contributed by atoms with E-state index in [4.69, 9.17) is 23.8 Å². The van der Waals surface area contributed by atoms with Gasteiger partial charge >= 0.3 is 0 Å². The summed E-state index contributed by atoms with van der Waals surface area (Å²) in [6.45, 7) is 0.476. The molecule has 0 saturated carbocycles. The van der Waals surface area contributed by atoms with Gasteiger partial charge in [0, 0.05) is 25.5 Å². The first-order chi connectivity index (χ1) is 9.06. The molecular weight excluding hydrogens is 287 g/mol. The lowest BCUT2D eigenvalue weighted by molar-refractivity contribution is 0.628. The van der Waals surface area contributed by atoms with Gasteiger partial charge in [-0.05, 0) is 18.3 Å². The molecule has 0 unspecified atom stereocenters. The van der Waals surface area contributed by atoms with Crippen molar-refractivity contribution in [2.75, 3.05) is 0 Å². The van der Waals surface area contributed by atoms with Crippen LogP contribution in [-0.2, 0) is 13.6 Å². The number of aromatic nitrogens is 4. The fourth-order valence-electron chi connectivity index (χ4n) is 2.00. The molecule has 0 aliphatic carbocycles. The summed E-state index contributed by atoms with van der Waals surface area (Å²) < 4.78 is 17.8. The van der Waals surface area contributed by atoms with Crippen molar-refractivity contribution in [1.82, 2.24) is 19.1 Å². The fraction of sp³-hybridized carbons (Fsp3) is 0.167. The number of fused-ring (bicyclic) bond motifs is 1. The van der Waals surface area contributed by atoms with Crippen LogP contribution in [0.25, 0.3) is 11.0 Å². The number of hydrogen-bond donors (Lipinski definition) is 1. The molecule has 0 saturated heterocycles. The Balaban J connectivity index is 2.18. The zero-order chi connectivity index (χ0) is 13.6. The molecule has 0 aliphatic rings. The molecule has 19 heavy (non-hydrogen) atoms. The van der Waals surface area contributed by atoms with Gasteiger partial charge in [-0.1, -0.05) is 11.6 Å². The minimum absolute atomic E-state index is 0.0768. The molecule has 0 aliphatic heterocycles. The standard InChI is InChI=1S/C12H10ClFN4S/c1-17-3-2-15-11(17)6-18-10-5-8(14)7(13)4-9(10)16-12(18)19/h2-5H,6H2,1H3,(H,16,19). The Morgan fingerprint density at radius 3 is 2.95 bits per heavy atom. The van der Waals surface area contributed by atoms with E-state index in [9.17, 15) is 4.39 Å². The van der Waals surface area contributed by atoms with Crippen molar-refractivity contribution < 1.29 is 4.39 Å². The first-order valence-corrected chi connectivity index (χ1v) is 6.38. The van der Waals surface area contributed by atoms with Crippen LogP contribution in [0.1, 0.15) is 5.82 Å². The Labute approximate surface area is 118 Å². The minimum atomic E-state index is -0.461. The van der Waals surface area contributed by atoms with Gasteiger partial charge in [0.05, 0.1) is 22.6 Å². The van der Waals surface area contributed by atoms with E-state index >= 15 is 0 Å². The molecule has 2 heterocycles. The number of rotatable bonds is 2. The molecule has 3 aromatic rings. The number of nitrogens with one attached hydrogen (secondary N) is 1. The van der Waals surface area contributed by atoms with E-state index < -0.39 is 5.82 Å². The maximum absolute atomic E-state index is 13.6. The van der Waals surface area contributed by atoms with E-state index in [1.807, 2.05) is 17.8 Å². The number of benzene rings is 1. The zero-order valence-corrected chi connectivity index (χ0v) is 11.6. The van der Waals surface area contributed by atoms with Crippen molar-refractivity contribution in [1.29, 1.82) is 0 Å². The second-order valence-electron chi connectivity index (χ2n) is 4.25. The molecule has 98 valence electrons. The molecule has 2 aromatic heterocycles. The van der Waals surface area contributed by atoms with Crippen molar-refractivity contribution in [2.45, 2.75) is 6.54 Å². The van der Waals surface area contributed by atoms with Gasteiger partial charge in [0.1, 0.15) is 11.6 Å². The maximum atomic E-state index is 13.6. The van der Waals surface area contributed by atoms with Gasteiger partial charge in [-0.3, -0.25) is 0 Å². The van der Waals surface area contributed by atoms with Crippen LogP contribution < -0.4 is 0 Å². The van der Waals surface area contributed by atoms with Gasteiger partial charge in [-0.2, -0.15) is 0 Å². The zero-order valence-electron chi connectivity index (χ0n) is 10.0. The minimum Gasteiger partial charge on any atom is -0.337 e. The third-order valence-corrected chi connectivity index (χ3v) is 3.65. The quantitative estimate of drug-likeness (QED) is 0.737. The lowest BCUT2D eigenvalue weighted by atomic mass is 10.3. The third kappa shape index (κ3) is 2.06. The van der Waals surface area contributed by atoms with Crippen molar-refractivity contribution in [3.8, 4) is 0 Å². The normalized spacial score (nSPS) is 11.3. The molecule has 0 radical (unpaired) electrons. The van der Waals surface area contributed by atoms with Crippen molar-refractivity contribution in [3.05, 3.63) is 46.0 Å². The van der Waals surface area contributed by atoms with Crippen LogP contribution in [0.3, 0.4) is 0 Å². The molecule has 0 fully saturated rings. The first kappa shape index (κ1) is 12.4. The Hall–Kier alpha value is -1.66. The van der Waals surface area contributed by atoms with Gasteiger partial charge in [0.15, 0.2) is 4.77 Å². The van der Waals surface area contributed by atoms with Gasteiger partial charge in [-0.15, -0.1) is 0 Å². The number of aryl methyl sites for hydroxylation is 1. The van der Waals surface area contributed by atoms with E-state index in [0.717, 1.165) is 5.82 Å². The molecule has 7 heteroatoms. The van der Waals surface area contributed by atoms with Crippen LogP contribution in [0.2, 0.25) is 5.02 Å². The van der Waals surface area contributed by atoms with Crippen LogP contribution >= 0.6 is 23.8 Å². The SMILES string of the molecule is Cn1ccnc1Cn1c(=S)[nH]c2cc(Cl)c(F)cc21. The van der Waals surface area contributed by atoms with Gasteiger partial charge in [0.25, 0.3) is 0 Å². The van der Waals surface area contributed by atoms with Gasteiger partial charge in [-0.25, -0.2) is 9.37 Å². The summed E-state index contributed by atoms with van der Waals surface area (Å²) in [5.74, 6) is 0.379. The highest BCUT2D eigenvalue weighted by Gasteiger charge is 2.10.